The molecule has 2 unspecified atom stereocenters. The number of carboxylic acids is 1. The third kappa shape index (κ3) is 2.61. The minimum Gasteiger partial charge on any atom is -0.481 e. The van der Waals surface area contributed by atoms with Crippen LogP contribution in [0, 0.1) is 5.41 Å². The molecule has 0 spiro atoms. The molecule has 0 aromatic heterocycles. The number of benzene rings is 1. The quantitative estimate of drug-likeness (QED) is 0.652. The molecular weight excluding hydrogens is 254 g/mol. The topological polar surface area (TPSA) is 88.0 Å². The first kappa shape index (κ1) is 14.0. The van der Waals surface area contributed by atoms with Crippen LogP contribution in [0.5, 0.6) is 0 Å². The number of nitrogens with zero attached hydrogens (tertiary/aromatic N) is 2. The molecule has 0 fully saturated rings. The van der Waals surface area contributed by atoms with Crippen LogP contribution in [0.3, 0.4) is 0 Å². The van der Waals surface area contributed by atoms with E-state index in [2.05, 4.69) is 10.2 Å². The highest BCUT2D eigenvalue weighted by Crippen LogP contribution is 2.34. The van der Waals surface area contributed by atoms with Gasteiger partial charge in [0.1, 0.15) is 17.1 Å². The van der Waals surface area contributed by atoms with Crippen LogP contribution in [0.2, 0.25) is 0 Å². The number of allylic oxidation sites excluding steroid dienone is 2. The van der Waals surface area contributed by atoms with Gasteiger partial charge in [-0.3, -0.25) is 4.79 Å². The number of aliphatic carboxylic acids is 1. The number of para-hydroxylation sites is 1. The van der Waals surface area contributed by atoms with Crippen LogP contribution in [-0.2, 0) is 4.79 Å². The number of nitrogen functional groups attached to an aromatic ring is 1. The standard InChI is InChI=1S/C15H17N3O2/c1-10-7-8-15(2,14(19)20)13(9-10)18-17-12-6-4-3-5-11(12)16/h3-9,13H,16H2,1-2H3,(H,19,20). The summed E-state index contributed by atoms with van der Waals surface area (Å²) in [6, 6.07) is 6.54. The van der Waals surface area contributed by atoms with E-state index >= 15 is 0 Å². The fourth-order valence-corrected chi connectivity index (χ4v) is 1.93. The third-order valence-electron chi connectivity index (χ3n) is 3.42. The number of hydrogen-bond donors (Lipinski definition) is 2. The molecule has 0 radical (unpaired) electrons. The zero-order chi connectivity index (χ0) is 14.8. The van der Waals surface area contributed by atoms with E-state index in [9.17, 15) is 9.90 Å². The summed E-state index contributed by atoms with van der Waals surface area (Å²) in [4.78, 5) is 11.5. The zero-order valence-electron chi connectivity index (χ0n) is 11.4. The lowest BCUT2D eigenvalue weighted by Crippen LogP contribution is -2.37. The fourth-order valence-electron chi connectivity index (χ4n) is 1.93. The van der Waals surface area contributed by atoms with Gasteiger partial charge in [0.2, 0.25) is 0 Å². The molecule has 1 aromatic carbocycles. The van der Waals surface area contributed by atoms with Crippen LogP contribution in [0.15, 0.2) is 58.3 Å². The summed E-state index contributed by atoms with van der Waals surface area (Å²) in [6.07, 6.45) is 5.25. The number of nitrogens with two attached hydrogens (primary N) is 1. The van der Waals surface area contributed by atoms with E-state index in [4.69, 9.17) is 5.73 Å². The summed E-state index contributed by atoms with van der Waals surface area (Å²) >= 11 is 0. The summed E-state index contributed by atoms with van der Waals surface area (Å²) in [7, 11) is 0. The molecule has 5 heteroatoms. The van der Waals surface area contributed by atoms with Crippen molar-refractivity contribution in [2.75, 3.05) is 5.73 Å². The Morgan fingerprint density at radius 1 is 1.40 bits per heavy atom. The van der Waals surface area contributed by atoms with Crippen LogP contribution in [0.4, 0.5) is 11.4 Å². The van der Waals surface area contributed by atoms with Crippen molar-refractivity contribution in [3.8, 4) is 0 Å². The molecular formula is C15H17N3O2. The smallest absolute Gasteiger partial charge is 0.315 e. The summed E-state index contributed by atoms with van der Waals surface area (Å²) in [5.41, 5.74) is 6.72. The van der Waals surface area contributed by atoms with Crippen molar-refractivity contribution in [2.45, 2.75) is 19.9 Å². The number of carboxylic acid groups (broad SMARTS) is 1. The molecule has 20 heavy (non-hydrogen) atoms. The third-order valence-corrected chi connectivity index (χ3v) is 3.42. The Morgan fingerprint density at radius 2 is 2.10 bits per heavy atom. The predicted molar refractivity (Wildman–Crippen MR) is 77.8 cm³/mol. The molecule has 0 saturated carbocycles. The monoisotopic (exact) mass is 271 g/mol. The number of hydrogen-bond acceptors (Lipinski definition) is 4. The SMILES string of the molecule is CC1=CC(N=Nc2ccccc2N)C(C)(C(=O)O)C=C1. The van der Waals surface area contributed by atoms with Gasteiger partial charge in [0.05, 0.1) is 5.69 Å². The highest BCUT2D eigenvalue weighted by atomic mass is 16.4. The van der Waals surface area contributed by atoms with E-state index in [1.165, 1.54) is 0 Å². The van der Waals surface area contributed by atoms with Crippen molar-refractivity contribution in [2.24, 2.45) is 15.6 Å². The van der Waals surface area contributed by atoms with Crippen molar-refractivity contribution < 1.29 is 9.90 Å². The second kappa shape index (κ2) is 5.28. The molecule has 0 saturated heterocycles. The molecule has 0 bridgehead atoms. The van der Waals surface area contributed by atoms with Gasteiger partial charge in [0.15, 0.2) is 0 Å². The largest absolute Gasteiger partial charge is 0.481 e. The summed E-state index contributed by atoms with van der Waals surface area (Å²) in [6.45, 7) is 3.53. The highest BCUT2D eigenvalue weighted by Gasteiger charge is 2.40. The fraction of sp³-hybridized carbons (Fsp3) is 0.267. The second-order valence-electron chi connectivity index (χ2n) is 5.05. The van der Waals surface area contributed by atoms with Gasteiger partial charge >= 0.3 is 5.97 Å². The lowest BCUT2D eigenvalue weighted by atomic mass is 9.78. The minimum atomic E-state index is -1.09. The Kier molecular flexibility index (Phi) is 3.70. The normalized spacial score (nSPS) is 25.7. The van der Waals surface area contributed by atoms with E-state index in [1.54, 1.807) is 37.3 Å². The van der Waals surface area contributed by atoms with Crippen molar-refractivity contribution in [1.29, 1.82) is 0 Å². The molecule has 0 amide bonds. The average Bonchev–Trinajstić information content (AvgIpc) is 2.41. The van der Waals surface area contributed by atoms with Crippen molar-refractivity contribution in [3.63, 3.8) is 0 Å². The van der Waals surface area contributed by atoms with Crippen LogP contribution in [0.25, 0.3) is 0 Å². The maximum absolute atomic E-state index is 11.5. The van der Waals surface area contributed by atoms with Gasteiger partial charge in [-0.25, -0.2) is 0 Å². The van der Waals surface area contributed by atoms with Gasteiger partial charge < -0.3 is 10.8 Å². The van der Waals surface area contributed by atoms with Crippen LogP contribution >= 0.6 is 0 Å². The van der Waals surface area contributed by atoms with Gasteiger partial charge in [-0.05, 0) is 26.0 Å². The molecule has 2 atom stereocenters. The van der Waals surface area contributed by atoms with Gasteiger partial charge in [-0.1, -0.05) is 35.9 Å². The van der Waals surface area contributed by atoms with E-state index in [-0.39, 0.29) is 0 Å². The van der Waals surface area contributed by atoms with Crippen LogP contribution < -0.4 is 5.73 Å². The van der Waals surface area contributed by atoms with Gasteiger partial charge in [-0.2, -0.15) is 10.2 Å². The van der Waals surface area contributed by atoms with E-state index in [0.29, 0.717) is 11.4 Å². The maximum atomic E-state index is 11.5. The lowest BCUT2D eigenvalue weighted by molar-refractivity contribution is -0.145. The van der Waals surface area contributed by atoms with Crippen molar-refractivity contribution in [1.82, 2.24) is 0 Å². The van der Waals surface area contributed by atoms with E-state index in [1.807, 2.05) is 19.1 Å². The number of anilines is 1. The van der Waals surface area contributed by atoms with Crippen molar-refractivity contribution >= 4 is 17.3 Å². The number of rotatable bonds is 3. The number of azo groups is 1. The van der Waals surface area contributed by atoms with E-state index in [0.717, 1.165) is 5.57 Å². The first-order valence-corrected chi connectivity index (χ1v) is 6.30. The average molecular weight is 271 g/mol. The molecule has 3 N–H and O–H groups in total. The first-order valence-electron chi connectivity index (χ1n) is 6.30. The molecule has 0 aliphatic heterocycles. The second-order valence-corrected chi connectivity index (χ2v) is 5.05. The summed E-state index contributed by atoms with van der Waals surface area (Å²) in [5, 5.41) is 17.7. The molecule has 5 nitrogen and oxygen atoms in total. The Morgan fingerprint density at radius 3 is 2.75 bits per heavy atom. The van der Waals surface area contributed by atoms with E-state index < -0.39 is 17.4 Å². The molecule has 104 valence electrons. The first-order chi connectivity index (χ1) is 9.43. The molecule has 2 rings (SSSR count). The molecule has 1 aliphatic carbocycles. The van der Waals surface area contributed by atoms with Gasteiger partial charge in [0.25, 0.3) is 0 Å². The van der Waals surface area contributed by atoms with Crippen molar-refractivity contribution in [3.05, 3.63) is 48.1 Å². The maximum Gasteiger partial charge on any atom is 0.315 e. The predicted octanol–water partition coefficient (Wildman–Crippen LogP) is 3.33. The van der Waals surface area contributed by atoms with Gasteiger partial charge in [0, 0.05) is 0 Å². The minimum absolute atomic E-state index is 0.514. The molecule has 1 aliphatic rings. The summed E-state index contributed by atoms with van der Waals surface area (Å²) in [5.74, 6) is -0.928. The van der Waals surface area contributed by atoms with Crippen LogP contribution in [0.1, 0.15) is 13.8 Å². The Hall–Kier alpha value is -2.43. The Balaban J connectivity index is 2.33. The van der Waals surface area contributed by atoms with Gasteiger partial charge in [-0.15, -0.1) is 0 Å². The molecule has 1 aromatic rings. The Labute approximate surface area is 117 Å². The summed E-state index contributed by atoms with van der Waals surface area (Å²) < 4.78 is 0. The zero-order valence-corrected chi connectivity index (χ0v) is 11.4. The van der Waals surface area contributed by atoms with Crippen LogP contribution in [-0.4, -0.2) is 17.1 Å². The molecule has 0 heterocycles. The Bertz CT molecular complexity index is 619. The lowest BCUT2D eigenvalue weighted by Gasteiger charge is -2.28. The highest BCUT2D eigenvalue weighted by molar-refractivity contribution is 5.79. The number of carbonyl (C=O) groups is 1.